The second-order valence-electron chi connectivity index (χ2n) is 4.73. The first-order valence-corrected chi connectivity index (χ1v) is 6.20. The molecular formula is C12H21NO5. The van der Waals surface area contributed by atoms with Gasteiger partial charge in [-0.3, -0.25) is 4.79 Å². The highest BCUT2D eigenvalue weighted by molar-refractivity contribution is 5.84. The van der Waals surface area contributed by atoms with Crippen LogP contribution in [0.2, 0.25) is 0 Å². The van der Waals surface area contributed by atoms with Gasteiger partial charge in [0.25, 0.3) is 0 Å². The van der Waals surface area contributed by atoms with Crippen molar-refractivity contribution in [1.82, 2.24) is 4.90 Å². The average molecular weight is 259 g/mol. The molecule has 1 aliphatic heterocycles. The van der Waals surface area contributed by atoms with Gasteiger partial charge in [-0.1, -0.05) is 13.8 Å². The normalized spacial score (nSPS) is 20.2. The Labute approximate surface area is 107 Å². The summed E-state index contributed by atoms with van der Waals surface area (Å²) in [7, 11) is 0. The number of carbonyl (C=O) groups excluding carboxylic acids is 1. The predicted molar refractivity (Wildman–Crippen MR) is 64.2 cm³/mol. The molecule has 1 heterocycles. The van der Waals surface area contributed by atoms with Crippen LogP contribution in [0, 0.1) is 5.92 Å². The zero-order chi connectivity index (χ0) is 13.5. The van der Waals surface area contributed by atoms with E-state index in [4.69, 9.17) is 14.6 Å². The zero-order valence-electron chi connectivity index (χ0n) is 10.9. The molecule has 0 aromatic heterocycles. The van der Waals surface area contributed by atoms with Crippen LogP contribution in [0.5, 0.6) is 0 Å². The monoisotopic (exact) mass is 259 g/mol. The maximum atomic E-state index is 11.9. The van der Waals surface area contributed by atoms with Crippen LogP contribution in [0.4, 0.5) is 0 Å². The number of carbonyl (C=O) groups is 2. The van der Waals surface area contributed by atoms with E-state index in [0.29, 0.717) is 32.3 Å². The van der Waals surface area contributed by atoms with E-state index in [0.717, 1.165) is 0 Å². The van der Waals surface area contributed by atoms with Crippen molar-refractivity contribution in [2.45, 2.75) is 26.3 Å². The predicted octanol–water partition coefficient (Wildman–Crippen LogP) is 0.361. The fourth-order valence-electron chi connectivity index (χ4n) is 1.73. The van der Waals surface area contributed by atoms with Gasteiger partial charge in [-0.05, 0) is 5.92 Å². The summed E-state index contributed by atoms with van der Waals surface area (Å²) in [4.78, 5) is 24.2. The number of carboxylic acid groups (broad SMARTS) is 1. The van der Waals surface area contributed by atoms with Gasteiger partial charge < -0.3 is 19.5 Å². The van der Waals surface area contributed by atoms with Crippen molar-refractivity contribution in [1.29, 1.82) is 0 Å². The van der Waals surface area contributed by atoms with Gasteiger partial charge in [0.15, 0.2) is 6.04 Å². The third-order valence-corrected chi connectivity index (χ3v) is 2.65. The molecule has 1 atom stereocenters. The molecular weight excluding hydrogens is 238 g/mol. The fourth-order valence-corrected chi connectivity index (χ4v) is 1.73. The van der Waals surface area contributed by atoms with Crippen LogP contribution in [0.25, 0.3) is 0 Å². The molecule has 0 aromatic carbocycles. The molecule has 0 aliphatic carbocycles. The van der Waals surface area contributed by atoms with E-state index >= 15 is 0 Å². The average Bonchev–Trinajstić information content (AvgIpc) is 2.34. The first-order chi connectivity index (χ1) is 8.52. The van der Waals surface area contributed by atoms with Crippen LogP contribution in [0.1, 0.15) is 20.3 Å². The molecule has 1 N–H and O–H groups in total. The Morgan fingerprint density at radius 1 is 1.50 bits per heavy atom. The van der Waals surface area contributed by atoms with E-state index in [9.17, 15) is 9.59 Å². The van der Waals surface area contributed by atoms with Crippen molar-refractivity contribution in [3.8, 4) is 0 Å². The Morgan fingerprint density at radius 2 is 2.22 bits per heavy atom. The van der Waals surface area contributed by atoms with E-state index < -0.39 is 12.0 Å². The summed E-state index contributed by atoms with van der Waals surface area (Å²) in [6.07, 6.45) is 0.219. The quantitative estimate of drug-likeness (QED) is 0.697. The lowest BCUT2D eigenvalue weighted by atomic mass is 10.2. The molecule has 1 saturated heterocycles. The van der Waals surface area contributed by atoms with Crippen LogP contribution in [-0.2, 0) is 19.1 Å². The van der Waals surface area contributed by atoms with Crippen molar-refractivity contribution >= 4 is 11.9 Å². The van der Waals surface area contributed by atoms with Crippen LogP contribution in [-0.4, -0.2) is 60.9 Å². The molecule has 1 aliphatic rings. The van der Waals surface area contributed by atoms with Gasteiger partial charge >= 0.3 is 5.97 Å². The Balaban J connectivity index is 2.36. The Kier molecular flexibility index (Phi) is 6.07. The molecule has 0 saturated carbocycles. The largest absolute Gasteiger partial charge is 0.480 e. The van der Waals surface area contributed by atoms with Gasteiger partial charge in [0.1, 0.15) is 0 Å². The smallest absolute Gasteiger partial charge is 0.328 e. The summed E-state index contributed by atoms with van der Waals surface area (Å²) < 4.78 is 10.4. The lowest BCUT2D eigenvalue weighted by molar-refractivity contribution is -0.158. The SMILES string of the molecule is CC(C)COCCC(=O)N1CCOC[C@H]1C(=O)O. The summed E-state index contributed by atoms with van der Waals surface area (Å²) in [6.45, 7) is 5.80. The van der Waals surface area contributed by atoms with Gasteiger partial charge in [0, 0.05) is 13.2 Å². The van der Waals surface area contributed by atoms with Crippen molar-refractivity contribution in [3.05, 3.63) is 0 Å². The van der Waals surface area contributed by atoms with Crippen molar-refractivity contribution in [3.63, 3.8) is 0 Å². The van der Waals surface area contributed by atoms with E-state index in [-0.39, 0.29) is 18.9 Å². The summed E-state index contributed by atoms with van der Waals surface area (Å²) in [5.74, 6) is -0.782. The first kappa shape index (κ1) is 14.9. The summed E-state index contributed by atoms with van der Waals surface area (Å²) in [5.41, 5.74) is 0. The van der Waals surface area contributed by atoms with E-state index in [1.54, 1.807) is 0 Å². The lowest BCUT2D eigenvalue weighted by Crippen LogP contribution is -2.52. The molecule has 18 heavy (non-hydrogen) atoms. The molecule has 1 amide bonds. The van der Waals surface area contributed by atoms with E-state index in [1.165, 1.54) is 4.90 Å². The molecule has 104 valence electrons. The fraction of sp³-hybridized carbons (Fsp3) is 0.833. The molecule has 6 nitrogen and oxygen atoms in total. The van der Waals surface area contributed by atoms with Gasteiger partial charge in [0.05, 0.1) is 26.2 Å². The van der Waals surface area contributed by atoms with Gasteiger partial charge in [-0.15, -0.1) is 0 Å². The highest BCUT2D eigenvalue weighted by Gasteiger charge is 2.32. The number of morpholine rings is 1. The lowest BCUT2D eigenvalue weighted by Gasteiger charge is -2.32. The number of nitrogens with zero attached hydrogens (tertiary/aromatic N) is 1. The molecule has 0 radical (unpaired) electrons. The Bertz CT molecular complexity index is 292. The standard InChI is InChI=1S/C12H21NO5/c1-9(2)7-17-5-3-11(14)13-4-6-18-8-10(13)12(15)16/h9-10H,3-8H2,1-2H3,(H,15,16)/t10-/m0/s1. The topological polar surface area (TPSA) is 76.1 Å². The van der Waals surface area contributed by atoms with Crippen LogP contribution < -0.4 is 0 Å². The van der Waals surface area contributed by atoms with Crippen molar-refractivity contribution in [2.75, 3.05) is 33.0 Å². The first-order valence-electron chi connectivity index (χ1n) is 6.20. The number of rotatable bonds is 6. The Morgan fingerprint density at radius 3 is 2.83 bits per heavy atom. The molecule has 0 aromatic rings. The van der Waals surface area contributed by atoms with Crippen LogP contribution in [0.15, 0.2) is 0 Å². The summed E-state index contributed by atoms with van der Waals surface area (Å²) >= 11 is 0. The molecule has 1 fully saturated rings. The van der Waals surface area contributed by atoms with Gasteiger partial charge in [-0.25, -0.2) is 4.79 Å². The van der Waals surface area contributed by atoms with Crippen LogP contribution in [0.3, 0.4) is 0 Å². The number of amides is 1. The molecule has 6 heteroatoms. The highest BCUT2D eigenvalue weighted by atomic mass is 16.5. The number of hydrogen-bond donors (Lipinski definition) is 1. The van der Waals surface area contributed by atoms with E-state index in [2.05, 4.69) is 0 Å². The maximum absolute atomic E-state index is 11.9. The van der Waals surface area contributed by atoms with Crippen molar-refractivity contribution < 1.29 is 24.2 Å². The maximum Gasteiger partial charge on any atom is 0.328 e. The number of ether oxygens (including phenoxy) is 2. The van der Waals surface area contributed by atoms with Gasteiger partial charge in [0.2, 0.25) is 5.91 Å². The molecule has 0 unspecified atom stereocenters. The zero-order valence-corrected chi connectivity index (χ0v) is 10.9. The van der Waals surface area contributed by atoms with E-state index in [1.807, 2.05) is 13.8 Å². The molecule has 1 rings (SSSR count). The molecule has 0 spiro atoms. The molecule has 0 bridgehead atoms. The highest BCUT2D eigenvalue weighted by Crippen LogP contribution is 2.09. The number of aliphatic carboxylic acids is 1. The second-order valence-corrected chi connectivity index (χ2v) is 4.73. The number of carboxylic acids is 1. The minimum atomic E-state index is -1.02. The second kappa shape index (κ2) is 7.33. The van der Waals surface area contributed by atoms with Gasteiger partial charge in [-0.2, -0.15) is 0 Å². The third-order valence-electron chi connectivity index (χ3n) is 2.65. The van der Waals surface area contributed by atoms with Crippen LogP contribution >= 0.6 is 0 Å². The summed E-state index contributed by atoms with van der Waals surface area (Å²) in [6, 6.07) is -0.864. The summed E-state index contributed by atoms with van der Waals surface area (Å²) in [5, 5.41) is 9.00. The number of hydrogen-bond acceptors (Lipinski definition) is 4. The minimum Gasteiger partial charge on any atom is -0.480 e. The van der Waals surface area contributed by atoms with Crippen molar-refractivity contribution in [2.24, 2.45) is 5.92 Å². The third kappa shape index (κ3) is 4.62. The Hall–Kier alpha value is -1.14. The minimum absolute atomic E-state index is 0.0634.